The van der Waals surface area contributed by atoms with Crippen LogP contribution in [-0.2, 0) is 4.79 Å². The minimum Gasteiger partial charge on any atom is -0.507 e. The average molecular weight is 733 g/mol. The monoisotopic (exact) mass is 732 g/mol. The molecular weight excluding hydrogens is 697 g/mol. The molecule has 10 nitrogen and oxygen atoms in total. The van der Waals surface area contributed by atoms with Gasteiger partial charge in [0.1, 0.15) is 35.7 Å². The van der Waals surface area contributed by atoms with Crippen molar-refractivity contribution in [3.8, 4) is 34.7 Å². The first-order chi connectivity index (χ1) is 25.1. The van der Waals surface area contributed by atoms with Gasteiger partial charge in [-0.3, -0.25) is 9.69 Å². The average Bonchev–Trinajstić information content (AvgIpc) is 3.78. The van der Waals surface area contributed by atoms with E-state index in [2.05, 4.69) is 17.5 Å². The van der Waals surface area contributed by atoms with Gasteiger partial charge in [0.25, 0.3) is 5.91 Å². The fourth-order valence-electron chi connectivity index (χ4n) is 8.14. The highest BCUT2D eigenvalue weighted by Crippen LogP contribution is 2.50. The first-order valence-electron chi connectivity index (χ1n) is 17.5. The molecule has 3 aliphatic heterocycles. The van der Waals surface area contributed by atoms with E-state index in [9.17, 15) is 28.3 Å². The van der Waals surface area contributed by atoms with Crippen molar-refractivity contribution in [3.05, 3.63) is 59.6 Å². The maximum absolute atomic E-state index is 14.9. The van der Waals surface area contributed by atoms with Gasteiger partial charge in [-0.05, 0) is 55.3 Å². The Kier molecular flexibility index (Phi) is 8.78. The molecule has 1 amide bonds. The van der Waals surface area contributed by atoms with E-state index >= 15 is 0 Å². The molecule has 1 N–H and O–H groups in total. The number of halogens is 4. The van der Waals surface area contributed by atoms with E-state index < -0.39 is 35.3 Å². The third-order valence-corrected chi connectivity index (χ3v) is 11.1. The summed E-state index contributed by atoms with van der Waals surface area (Å²) in [6.07, 6.45) is 2.38. The van der Waals surface area contributed by atoms with E-state index in [0.29, 0.717) is 46.0 Å². The van der Waals surface area contributed by atoms with Crippen LogP contribution in [0.2, 0.25) is 5.02 Å². The van der Waals surface area contributed by atoms with Gasteiger partial charge in [0.05, 0.1) is 46.1 Å². The van der Waals surface area contributed by atoms with E-state index in [1.54, 1.807) is 24.3 Å². The van der Waals surface area contributed by atoms with E-state index in [0.717, 1.165) is 32.2 Å². The van der Waals surface area contributed by atoms with Gasteiger partial charge in [-0.2, -0.15) is 15.2 Å². The summed E-state index contributed by atoms with van der Waals surface area (Å²) in [5, 5.41) is 22.8. The number of amides is 1. The van der Waals surface area contributed by atoms with Gasteiger partial charge in [0.15, 0.2) is 11.6 Å². The second-order valence-electron chi connectivity index (χ2n) is 14.1. The van der Waals surface area contributed by atoms with E-state index in [1.165, 1.54) is 17.0 Å². The highest BCUT2D eigenvalue weighted by molar-refractivity contribution is 6.37. The van der Waals surface area contributed by atoms with E-state index in [4.69, 9.17) is 31.0 Å². The standard InChI is InChI=1S/C38H36ClF3N6O4/c1-21(40)36(50)48-15-14-46(19-24(48)10-12-43)35-27-16-29(49)31(26-5-2-4-22-6-9-28(42)32(39)30(22)26)34(52-25-7-8-25)33(27)44-37(45-35)51-20-38-11-3-13-47(38)18-23(41)17-38/h2,4-6,9,16,23-25,49H,1,3,7-8,10-11,13-15,17-20H2/t23-,24+,38+/m1/s1. The van der Waals surface area contributed by atoms with Crippen molar-refractivity contribution in [2.45, 2.75) is 62.4 Å². The van der Waals surface area contributed by atoms with Crippen molar-refractivity contribution in [2.24, 2.45) is 0 Å². The number of aromatic hydroxyl groups is 1. The van der Waals surface area contributed by atoms with Gasteiger partial charge in [-0.1, -0.05) is 42.4 Å². The molecule has 14 heteroatoms. The Morgan fingerprint density at radius 1 is 1.17 bits per heavy atom. The molecular formula is C38H36ClF3N6O4. The Morgan fingerprint density at radius 3 is 2.77 bits per heavy atom. The highest BCUT2D eigenvalue weighted by atomic mass is 35.5. The fourth-order valence-corrected chi connectivity index (χ4v) is 8.41. The number of nitrogens with zero attached hydrogens (tertiary/aromatic N) is 6. The lowest BCUT2D eigenvalue weighted by molar-refractivity contribution is -0.131. The number of alkyl halides is 1. The summed E-state index contributed by atoms with van der Waals surface area (Å²) < 4.78 is 56.5. The first kappa shape index (κ1) is 34.3. The van der Waals surface area contributed by atoms with Gasteiger partial charge in [-0.15, -0.1) is 0 Å². The summed E-state index contributed by atoms with van der Waals surface area (Å²) >= 11 is 6.56. The number of piperazine rings is 1. The molecule has 3 atom stereocenters. The Hall–Kier alpha value is -4.80. The van der Waals surface area contributed by atoms with Crippen molar-refractivity contribution in [3.63, 3.8) is 0 Å². The number of phenolic OH excluding ortho intramolecular Hbond substituents is 1. The molecule has 1 aliphatic carbocycles. The lowest BCUT2D eigenvalue weighted by Gasteiger charge is -2.41. The maximum atomic E-state index is 14.9. The molecule has 3 aromatic carbocycles. The minimum atomic E-state index is -1.12. The molecule has 52 heavy (non-hydrogen) atoms. The highest BCUT2D eigenvalue weighted by Gasteiger charge is 2.49. The van der Waals surface area contributed by atoms with Gasteiger partial charge < -0.3 is 24.4 Å². The van der Waals surface area contributed by atoms with Crippen LogP contribution < -0.4 is 14.4 Å². The molecule has 0 unspecified atom stereocenters. The Morgan fingerprint density at radius 2 is 2.00 bits per heavy atom. The smallest absolute Gasteiger partial charge is 0.319 e. The van der Waals surface area contributed by atoms with Crippen LogP contribution >= 0.6 is 11.6 Å². The van der Waals surface area contributed by atoms with E-state index in [-0.39, 0.29) is 66.9 Å². The van der Waals surface area contributed by atoms with Crippen molar-refractivity contribution < 1.29 is 32.5 Å². The van der Waals surface area contributed by atoms with Crippen molar-refractivity contribution in [1.29, 1.82) is 5.26 Å². The zero-order chi connectivity index (χ0) is 36.3. The molecule has 0 spiro atoms. The number of carbonyl (C=O) groups excluding carboxylic acids is 1. The molecule has 0 radical (unpaired) electrons. The summed E-state index contributed by atoms with van der Waals surface area (Å²) in [6.45, 7) is 4.81. The molecule has 4 aromatic rings. The number of aromatic nitrogens is 2. The van der Waals surface area contributed by atoms with Crippen LogP contribution in [0.1, 0.15) is 38.5 Å². The number of fused-ring (bicyclic) bond motifs is 3. The van der Waals surface area contributed by atoms with Gasteiger partial charge >= 0.3 is 6.01 Å². The topological polar surface area (TPSA) is 115 Å². The summed E-state index contributed by atoms with van der Waals surface area (Å²) in [5.41, 5.74) is 0.525. The van der Waals surface area contributed by atoms with Crippen molar-refractivity contribution >= 4 is 45.0 Å². The summed E-state index contributed by atoms with van der Waals surface area (Å²) in [6, 6.07) is 11.1. The Balaban J connectivity index is 1.30. The van der Waals surface area contributed by atoms with Crippen LogP contribution in [0.3, 0.4) is 0 Å². The minimum absolute atomic E-state index is 0.00204. The van der Waals surface area contributed by atoms with Gasteiger partial charge in [-0.25, -0.2) is 13.2 Å². The first-order valence-corrected chi connectivity index (χ1v) is 17.9. The fraction of sp³-hybridized carbons (Fsp3) is 0.421. The van der Waals surface area contributed by atoms with Crippen LogP contribution in [0.5, 0.6) is 17.5 Å². The van der Waals surface area contributed by atoms with Crippen LogP contribution in [0.4, 0.5) is 19.0 Å². The third kappa shape index (κ3) is 6.01. The summed E-state index contributed by atoms with van der Waals surface area (Å²) in [4.78, 5) is 27.7. The van der Waals surface area contributed by atoms with Crippen LogP contribution in [-0.4, -0.2) is 94.0 Å². The molecule has 270 valence electrons. The number of ether oxygens (including phenoxy) is 2. The number of rotatable bonds is 9. The summed E-state index contributed by atoms with van der Waals surface area (Å²) in [7, 11) is 0. The molecule has 1 aromatic heterocycles. The molecule has 4 heterocycles. The Bertz CT molecular complexity index is 2160. The normalized spacial score (nSPS) is 23.2. The maximum Gasteiger partial charge on any atom is 0.319 e. The number of carbonyl (C=O) groups is 1. The summed E-state index contributed by atoms with van der Waals surface area (Å²) in [5.74, 6) is -2.22. The second-order valence-corrected chi connectivity index (χ2v) is 14.5. The lowest BCUT2D eigenvalue weighted by Crippen LogP contribution is -2.55. The third-order valence-electron chi connectivity index (χ3n) is 10.7. The number of phenols is 1. The van der Waals surface area contributed by atoms with Crippen LogP contribution in [0, 0.1) is 17.1 Å². The van der Waals surface area contributed by atoms with Gasteiger partial charge in [0.2, 0.25) is 0 Å². The zero-order valence-electron chi connectivity index (χ0n) is 28.3. The number of anilines is 1. The zero-order valence-corrected chi connectivity index (χ0v) is 29.0. The number of benzene rings is 3. The van der Waals surface area contributed by atoms with Gasteiger partial charge in [0, 0.05) is 38.0 Å². The van der Waals surface area contributed by atoms with E-state index in [1.807, 2.05) is 4.90 Å². The quantitative estimate of drug-likeness (QED) is 0.184. The second kappa shape index (κ2) is 13.3. The van der Waals surface area contributed by atoms with Crippen LogP contribution in [0.25, 0.3) is 32.8 Å². The number of hydrogen-bond donors (Lipinski definition) is 1. The predicted octanol–water partition coefficient (Wildman–Crippen LogP) is 6.86. The lowest BCUT2D eigenvalue weighted by atomic mass is 9.95. The largest absolute Gasteiger partial charge is 0.507 e. The molecule has 4 fully saturated rings. The predicted molar refractivity (Wildman–Crippen MR) is 190 cm³/mol. The number of hydrogen-bond acceptors (Lipinski definition) is 9. The molecule has 1 saturated carbocycles. The van der Waals surface area contributed by atoms with Crippen molar-refractivity contribution in [2.75, 3.05) is 44.2 Å². The molecule has 0 bridgehead atoms. The Labute approximate surface area is 303 Å². The molecule has 4 aliphatic rings. The number of nitriles is 1. The molecule has 8 rings (SSSR count). The van der Waals surface area contributed by atoms with Crippen molar-refractivity contribution in [1.82, 2.24) is 19.8 Å². The SMILES string of the molecule is C=C(F)C(=O)N1CCN(c2nc(OC[C@@]34CCCN3C[C@H](F)C4)nc3c(OC4CC4)c(-c4cccc5ccc(F)c(Cl)c45)c(O)cc23)C[C@@H]1CC#N. The van der Waals surface area contributed by atoms with Crippen LogP contribution in [0.15, 0.2) is 48.8 Å². The molecule has 3 saturated heterocycles.